The summed E-state index contributed by atoms with van der Waals surface area (Å²) in [6, 6.07) is 6.27. The molecule has 0 aromatic heterocycles. The number of esters is 1. The van der Waals surface area contributed by atoms with Crippen molar-refractivity contribution in [3.05, 3.63) is 29.8 Å². The summed E-state index contributed by atoms with van der Waals surface area (Å²) < 4.78 is 30.8. The van der Waals surface area contributed by atoms with E-state index in [2.05, 4.69) is 15.0 Å². The number of nitrogens with zero attached hydrogens (tertiary/aromatic N) is 1. The van der Waals surface area contributed by atoms with Crippen LogP contribution in [0.1, 0.15) is 19.4 Å². The Morgan fingerprint density at radius 3 is 2.70 bits per heavy atom. The smallest absolute Gasteiger partial charge is 0.328 e. The highest BCUT2D eigenvalue weighted by molar-refractivity contribution is 7.90. The van der Waals surface area contributed by atoms with Crippen LogP contribution in [0.15, 0.2) is 34.2 Å². The van der Waals surface area contributed by atoms with Gasteiger partial charge in [0.25, 0.3) is 15.9 Å². The molecule has 9 heteroatoms. The SMILES string of the molecule is CC(C)NC(=O)COC(=O)CN=C1NS(=O)(=O)c2ccccc21. The van der Waals surface area contributed by atoms with Crippen molar-refractivity contribution >= 4 is 27.7 Å². The summed E-state index contributed by atoms with van der Waals surface area (Å²) >= 11 is 0. The van der Waals surface area contributed by atoms with Gasteiger partial charge in [-0.25, -0.2) is 8.42 Å². The first-order valence-corrected chi connectivity index (χ1v) is 8.39. The van der Waals surface area contributed by atoms with Crippen LogP contribution in [0, 0.1) is 0 Å². The molecule has 1 aliphatic rings. The minimum Gasteiger partial charge on any atom is -0.454 e. The lowest BCUT2D eigenvalue weighted by Gasteiger charge is -2.08. The number of benzene rings is 1. The number of carbonyl (C=O) groups excluding carboxylic acids is 2. The second kappa shape index (κ2) is 6.78. The van der Waals surface area contributed by atoms with Gasteiger partial charge in [-0.2, -0.15) is 0 Å². The predicted octanol–water partition coefficient (Wildman–Crippen LogP) is -0.207. The van der Waals surface area contributed by atoms with Crippen LogP contribution >= 0.6 is 0 Å². The Labute approximate surface area is 134 Å². The molecule has 0 aliphatic carbocycles. The van der Waals surface area contributed by atoms with Crippen molar-refractivity contribution in [2.75, 3.05) is 13.2 Å². The molecular formula is C14H17N3O5S. The van der Waals surface area contributed by atoms with E-state index in [9.17, 15) is 18.0 Å². The Hall–Kier alpha value is -2.42. The van der Waals surface area contributed by atoms with Crippen molar-refractivity contribution in [2.24, 2.45) is 4.99 Å². The second-order valence-electron chi connectivity index (χ2n) is 5.15. The molecule has 23 heavy (non-hydrogen) atoms. The molecule has 8 nitrogen and oxygen atoms in total. The fraction of sp³-hybridized carbons (Fsp3) is 0.357. The summed E-state index contributed by atoms with van der Waals surface area (Å²) in [5, 5.41) is 2.58. The van der Waals surface area contributed by atoms with E-state index < -0.39 is 28.5 Å². The van der Waals surface area contributed by atoms with Crippen molar-refractivity contribution < 1.29 is 22.7 Å². The maximum atomic E-state index is 11.9. The van der Waals surface area contributed by atoms with E-state index >= 15 is 0 Å². The van der Waals surface area contributed by atoms with Gasteiger partial charge in [-0.15, -0.1) is 0 Å². The van der Waals surface area contributed by atoms with Gasteiger partial charge in [0.05, 0.1) is 4.90 Å². The van der Waals surface area contributed by atoms with Crippen LogP contribution in [0.4, 0.5) is 0 Å². The summed E-state index contributed by atoms with van der Waals surface area (Å²) in [5.74, 6) is -1.04. The Bertz CT molecular complexity index is 755. The van der Waals surface area contributed by atoms with Gasteiger partial charge in [0.1, 0.15) is 12.4 Å². The van der Waals surface area contributed by atoms with Crippen LogP contribution in [0.3, 0.4) is 0 Å². The molecule has 1 amide bonds. The quantitative estimate of drug-likeness (QED) is 0.721. The van der Waals surface area contributed by atoms with Crippen molar-refractivity contribution in [3.63, 3.8) is 0 Å². The predicted molar refractivity (Wildman–Crippen MR) is 82.4 cm³/mol. The number of rotatable bonds is 5. The molecule has 1 heterocycles. The zero-order valence-corrected chi connectivity index (χ0v) is 13.5. The summed E-state index contributed by atoms with van der Waals surface area (Å²) in [4.78, 5) is 27.0. The first kappa shape index (κ1) is 16.9. The number of sulfonamides is 1. The van der Waals surface area contributed by atoms with E-state index in [0.29, 0.717) is 5.56 Å². The van der Waals surface area contributed by atoms with Gasteiger partial charge in [0.15, 0.2) is 6.61 Å². The number of hydrogen-bond donors (Lipinski definition) is 2. The highest BCUT2D eigenvalue weighted by Gasteiger charge is 2.30. The fourth-order valence-corrected chi connectivity index (χ4v) is 3.20. The summed E-state index contributed by atoms with van der Waals surface area (Å²) in [6.07, 6.45) is 0. The average molecular weight is 339 g/mol. The van der Waals surface area contributed by atoms with Crippen LogP contribution in [-0.2, 0) is 24.3 Å². The fourth-order valence-electron chi connectivity index (χ4n) is 1.95. The molecule has 0 saturated carbocycles. The third-order valence-electron chi connectivity index (χ3n) is 2.84. The van der Waals surface area contributed by atoms with Crippen LogP contribution in [0.5, 0.6) is 0 Å². The Kier molecular flexibility index (Phi) is 4.99. The molecule has 0 fully saturated rings. The van der Waals surface area contributed by atoms with E-state index in [1.54, 1.807) is 32.0 Å². The molecular weight excluding hydrogens is 322 g/mol. The minimum absolute atomic E-state index is 0.0501. The lowest BCUT2D eigenvalue weighted by Crippen LogP contribution is -2.34. The maximum Gasteiger partial charge on any atom is 0.328 e. The number of amidine groups is 1. The molecule has 1 aromatic rings. The number of hydrogen-bond acceptors (Lipinski definition) is 6. The largest absolute Gasteiger partial charge is 0.454 e. The normalized spacial score (nSPS) is 16.7. The van der Waals surface area contributed by atoms with E-state index in [1.165, 1.54) is 6.07 Å². The Balaban J connectivity index is 1.97. The first-order chi connectivity index (χ1) is 10.8. The topological polar surface area (TPSA) is 114 Å². The molecule has 0 unspecified atom stereocenters. The molecule has 0 atom stereocenters. The van der Waals surface area contributed by atoms with Gasteiger partial charge in [0.2, 0.25) is 0 Å². The Morgan fingerprint density at radius 1 is 1.30 bits per heavy atom. The van der Waals surface area contributed by atoms with Crippen molar-refractivity contribution in [3.8, 4) is 0 Å². The summed E-state index contributed by atoms with van der Waals surface area (Å²) in [5.41, 5.74) is 0.401. The molecule has 0 radical (unpaired) electrons. The van der Waals surface area contributed by atoms with Gasteiger partial charge >= 0.3 is 5.97 Å². The van der Waals surface area contributed by atoms with Gasteiger partial charge in [0, 0.05) is 11.6 Å². The molecule has 0 spiro atoms. The van der Waals surface area contributed by atoms with Crippen LogP contribution in [-0.4, -0.2) is 45.3 Å². The first-order valence-electron chi connectivity index (χ1n) is 6.91. The number of fused-ring (bicyclic) bond motifs is 1. The molecule has 2 N–H and O–H groups in total. The minimum atomic E-state index is -3.64. The highest BCUT2D eigenvalue weighted by Crippen LogP contribution is 2.21. The van der Waals surface area contributed by atoms with Crippen LogP contribution in [0.2, 0.25) is 0 Å². The summed E-state index contributed by atoms with van der Waals surface area (Å²) in [7, 11) is -3.64. The van der Waals surface area contributed by atoms with E-state index in [1.807, 2.05) is 0 Å². The second-order valence-corrected chi connectivity index (χ2v) is 6.80. The van der Waals surface area contributed by atoms with Crippen LogP contribution in [0.25, 0.3) is 0 Å². The van der Waals surface area contributed by atoms with E-state index in [0.717, 1.165) is 0 Å². The van der Waals surface area contributed by atoms with E-state index in [-0.39, 0.29) is 23.3 Å². The molecule has 1 aromatic carbocycles. The van der Waals surface area contributed by atoms with Crippen molar-refractivity contribution in [1.29, 1.82) is 0 Å². The zero-order valence-electron chi connectivity index (χ0n) is 12.7. The van der Waals surface area contributed by atoms with Gasteiger partial charge in [-0.1, -0.05) is 12.1 Å². The zero-order chi connectivity index (χ0) is 17.0. The molecule has 0 saturated heterocycles. The molecule has 2 rings (SSSR count). The number of ether oxygens (including phenoxy) is 1. The Morgan fingerprint density at radius 2 is 2.00 bits per heavy atom. The van der Waals surface area contributed by atoms with Crippen LogP contribution < -0.4 is 10.0 Å². The average Bonchev–Trinajstić information content (AvgIpc) is 2.74. The molecule has 1 aliphatic heterocycles. The van der Waals surface area contributed by atoms with Crippen molar-refractivity contribution in [2.45, 2.75) is 24.8 Å². The monoisotopic (exact) mass is 339 g/mol. The number of carbonyl (C=O) groups is 2. The van der Waals surface area contributed by atoms with Gasteiger partial charge in [-0.3, -0.25) is 19.3 Å². The lowest BCUT2D eigenvalue weighted by atomic mass is 10.2. The number of aliphatic imine (C=N–C) groups is 1. The third kappa shape index (κ3) is 4.28. The summed E-state index contributed by atoms with van der Waals surface area (Å²) in [6.45, 7) is 2.79. The highest BCUT2D eigenvalue weighted by atomic mass is 32.2. The maximum absolute atomic E-state index is 11.9. The van der Waals surface area contributed by atoms with Gasteiger partial charge < -0.3 is 10.1 Å². The van der Waals surface area contributed by atoms with Gasteiger partial charge in [-0.05, 0) is 26.0 Å². The van der Waals surface area contributed by atoms with E-state index in [4.69, 9.17) is 4.74 Å². The number of nitrogens with one attached hydrogen (secondary N) is 2. The lowest BCUT2D eigenvalue weighted by molar-refractivity contribution is -0.147. The number of amides is 1. The molecule has 124 valence electrons. The molecule has 0 bridgehead atoms. The van der Waals surface area contributed by atoms with Crippen molar-refractivity contribution in [1.82, 2.24) is 10.0 Å². The third-order valence-corrected chi connectivity index (χ3v) is 4.24. The standard InChI is InChI=1S/C14H17N3O5S/c1-9(2)16-12(18)8-22-13(19)7-15-14-10-5-3-4-6-11(10)23(20,21)17-14/h3-6,9H,7-8H2,1-2H3,(H,15,17)(H,16,18).